The molecule has 0 unspecified atom stereocenters. The molecule has 9 heteroatoms. The molecule has 6 nitrogen and oxygen atoms in total. The fourth-order valence-corrected chi connectivity index (χ4v) is 3.75. The minimum absolute atomic E-state index is 0.0554. The Morgan fingerprint density at radius 1 is 1.10 bits per heavy atom. The van der Waals surface area contributed by atoms with E-state index in [-0.39, 0.29) is 19.6 Å². The van der Waals surface area contributed by atoms with Gasteiger partial charge < -0.3 is 14.4 Å². The number of nitrogens with zero attached hydrogens (tertiary/aromatic N) is 3. The van der Waals surface area contributed by atoms with E-state index < -0.39 is 5.97 Å². The number of hydrogen-bond donors (Lipinski definition) is 1. The second-order valence-electron chi connectivity index (χ2n) is 6.76. The zero-order chi connectivity index (χ0) is 22.0. The normalized spacial score (nSPS) is 11.2. The number of imidazole rings is 1. The standard InChI is InChI=1S/C22H16Cl3N3O3/c23-16-3-1-13(11-31-8-5-20(29)30)9-15(16)18-10-19(28-7-6-26-12-28)14-2-4-17(24)21(25)22(14)27-18/h1-4,6-7,9-10,12H,5,8,11H2,(H,29,30). The molecule has 4 rings (SSSR count). The Morgan fingerprint density at radius 3 is 2.65 bits per heavy atom. The van der Waals surface area contributed by atoms with Gasteiger partial charge in [-0.15, -0.1) is 0 Å². The van der Waals surface area contributed by atoms with Gasteiger partial charge in [0, 0.05) is 28.4 Å². The van der Waals surface area contributed by atoms with Gasteiger partial charge >= 0.3 is 5.97 Å². The lowest BCUT2D eigenvalue weighted by atomic mass is 10.0. The molecule has 0 amide bonds. The predicted octanol–water partition coefficient (Wildman–Crippen LogP) is 6.04. The van der Waals surface area contributed by atoms with E-state index in [0.29, 0.717) is 31.8 Å². The number of hydrogen-bond acceptors (Lipinski definition) is 4. The van der Waals surface area contributed by atoms with Crippen LogP contribution in [0.2, 0.25) is 15.1 Å². The zero-order valence-electron chi connectivity index (χ0n) is 16.1. The van der Waals surface area contributed by atoms with Crippen molar-refractivity contribution in [3.63, 3.8) is 0 Å². The minimum atomic E-state index is -0.903. The number of aromatic nitrogens is 3. The van der Waals surface area contributed by atoms with Gasteiger partial charge in [0.05, 0.1) is 52.9 Å². The highest BCUT2D eigenvalue weighted by Gasteiger charge is 2.15. The van der Waals surface area contributed by atoms with Gasteiger partial charge in [0.2, 0.25) is 0 Å². The molecule has 0 radical (unpaired) electrons. The Labute approximate surface area is 193 Å². The SMILES string of the molecule is O=C(O)CCOCc1ccc(Cl)c(-c2cc(-n3ccnc3)c3ccc(Cl)c(Cl)c3n2)c1. The van der Waals surface area contributed by atoms with E-state index in [9.17, 15) is 4.79 Å². The first-order valence-electron chi connectivity index (χ1n) is 9.29. The van der Waals surface area contributed by atoms with Gasteiger partial charge in [0.1, 0.15) is 0 Å². The van der Waals surface area contributed by atoms with Crippen LogP contribution < -0.4 is 0 Å². The Bertz CT molecular complexity index is 1260. The first kappa shape index (κ1) is 21.6. The number of pyridine rings is 1. The van der Waals surface area contributed by atoms with Crippen molar-refractivity contribution in [3.8, 4) is 16.9 Å². The van der Waals surface area contributed by atoms with Crippen LogP contribution in [0.3, 0.4) is 0 Å². The van der Waals surface area contributed by atoms with Gasteiger partial charge in [-0.25, -0.2) is 9.97 Å². The quantitative estimate of drug-likeness (QED) is 0.329. The van der Waals surface area contributed by atoms with Gasteiger partial charge in [-0.2, -0.15) is 0 Å². The van der Waals surface area contributed by atoms with Crippen LogP contribution in [0.25, 0.3) is 27.8 Å². The molecule has 1 N–H and O–H groups in total. The second-order valence-corrected chi connectivity index (χ2v) is 7.96. The lowest BCUT2D eigenvalue weighted by Gasteiger charge is -2.14. The summed E-state index contributed by atoms with van der Waals surface area (Å²) >= 11 is 19.2. The summed E-state index contributed by atoms with van der Waals surface area (Å²) in [6, 6.07) is 11.0. The number of benzene rings is 2. The molecule has 0 bridgehead atoms. The third-order valence-electron chi connectivity index (χ3n) is 4.67. The van der Waals surface area contributed by atoms with Crippen molar-refractivity contribution in [1.82, 2.24) is 14.5 Å². The first-order chi connectivity index (χ1) is 14.9. The smallest absolute Gasteiger partial charge is 0.305 e. The monoisotopic (exact) mass is 475 g/mol. The van der Waals surface area contributed by atoms with E-state index in [1.165, 1.54) is 0 Å². The maximum atomic E-state index is 10.6. The number of carboxylic acids is 1. The topological polar surface area (TPSA) is 77.2 Å². The van der Waals surface area contributed by atoms with Crippen molar-refractivity contribution in [2.75, 3.05) is 6.61 Å². The van der Waals surface area contributed by atoms with Crippen LogP contribution in [0.15, 0.2) is 55.1 Å². The third kappa shape index (κ3) is 4.67. The van der Waals surface area contributed by atoms with Crippen LogP contribution in [0, 0.1) is 0 Å². The van der Waals surface area contributed by atoms with Crippen LogP contribution in [-0.4, -0.2) is 32.2 Å². The van der Waals surface area contributed by atoms with Crippen LogP contribution in [-0.2, 0) is 16.1 Å². The van der Waals surface area contributed by atoms with E-state index in [4.69, 9.17) is 49.6 Å². The summed E-state index contributed by atoms with van der Waals surface area (Å²) in [6.45, 7) is 0.381. The molecule has 31 heavy (non-hydrogen) atoms. The van der Waals surface area contributed by atoms with Crippen LogP contribution in [0.5, 0.6) is 0 Å². The minimum Gasteiger partial charge on any atom is -0.481 e. The van der Waals surface area contributed by atoms with E-state index in [1.54, 1.807) is 24.7 Å². The molecule has 0 saturated heterocycles. The van der Waals surface area contributed by atoms with Crippen molar-refractivity contribution in [1.29, 1.82) is 0 Å². The number of rotatable bonds is 7. The lowest BCUT2D eigenvalue weighted by Crippen LogP contribution is -2.03. The fraction of sp³-hybridized carbons (Fsp3) is 0.136. The van der Waals surface area contributed by atoms with Crippen LogP contribution >= 0.6 is 34.8 Å². The molecule has 0 atom stereocenters. The third-order valence-corrected chi connectivity index (χ3v) is 5.79. The van der Waals surface area contributed by atoms with Crippen molar-refractivity contribution in [2.45, 2.75) is 13.0 Å². The molecule has 2 aromatic carbocycles. The maximum absolute atomic E-state index is 10.6. The summed E-state index contributed by atoms with van der Waals surface area (Å²) in [5.41, 5.74) is 3.52. The zero-order valence-corrected chi connectivity index (χ0v) is 18.3. The average Bonchev–Trinajstić information content (AvgIpc) is 3.29. The van der Waals surface area contributed by atoms with Gasteiger partial charge in [0.25, 0.3) is 0 Å². The fourth-order valence-electron chi connectivity index (χ4n) is 3.18. The number of halogens is 3. The molecule has 0 aliphatic rings. The molecular formula is C22H16Cl3N3O3. The molecule has 4 aromatic rings. The highest BCUT2D eigenvalue weighted by atomic mass is 35.5. The number of fused-ring (bicyclic) bond motifs is 1. The van der Waals surface area contributed by atoms with Gasteiger partial charge in [-0.1, -0.05) is 40.9 Å². The Balaban J connectivity index is 1.80. The van der Waals surface area contributed by atoms with Crippen LogP contribution in [0.4, 0.5) is 0 Å². The summed E-state index contributed by atoms with van der Waals surface area (Å²) in [5.74, 6) is -0.903. The molecule has 158 valence electrons. The van der Waals surface area contributed by atoms with E-state index >= 15 is 0 Å². The number of ether oxygens (including phenoxy) is 1. The van der Waals surface area contributed by atoms with Crippen molar-refractivity contribution < 1.29 is 14.6 Å². The molecule has 2 heterocycles. The van der Waals surface area contributed by atoms with E-state index in [0.717, 1.165) is 16.6 Å². The lowest BCUT2D eigenvalue weighted by molar-refractivity contribution is -0.138. The molecular weight excluding hydrogens is 461 g/mol. The molecule has 0 aliphatic carbocycles. The highest BCUT2D eigenvalue weighted by molar-refractivity contribution is 6.45. The maximum Gasteiger partial charge on any atom is 0.305 e. The summed E-state index contributed by atoms with van der Waals surface area (Å²) < 4.78 is 7.32. The van der Waals surface area contributed by atoms with Crippen LogP contribution in [0.1, 0.15) is 12.0 Å². The summed E-state index contributed by atoms with van der Waals surface area (Å²) in [7, 11) is 0. The van der Waals surface area contributed by atoms with Crippen molar-refractivity contribution in [2.24, 2.45) is 0 Å². The Kier molecular flexibility index (Phi) is 6.43. The average molecular weight is 477 g/mol. The van der Waals surface area contributed by atoms with Gasteiger partial charge in [0.15, 0.2) is 0 Å². The molecule has 0 aliphatic heterocycles. The summed E-state index contributed by atoms with van der Waals surface area (Å²) in [4.78, 5) is 19.5. The number of carbonyl (C=O) groups is 1. The van der Waals surface area contributed by atoms with E-state index in [2.05, 4.69) is 4.98 Å². The van der Waals surface area contributed by atoms with E-state index in [1.807, 2.05) is 35.0 Å². The molecule has 2 aromatic heterocycles. The first-order valence-corrected chi connectivity index (χ1v) is 10.4. The van der Waals surface area contributed by atoms with Crippen molar-refractivity contribution >= 4 is 51.7 Å². The summed E-state index contributed by atoms with van der Waals surface area (Å²) in [6.07, 6.45) is 5.15. The van der Waals surface area contributed by atoms with Crippen molar-refractivity contribution in [3.05, 3.63) is 75.8 Å². The second kappa shape index (κ2) is 9.24. The summed E-state index contributed by atoms with van der Waals surface area (Å²) in [5, 5.41) is 10.8. The number of aliphatic carboxylic acids is 1. The molecule has 0 saturated carbocycles. The number of carboxylic acid groups (broad SMARTS) is 1. The molecule has 0 spiro atoms. The molecule has 0 fully saturated rings. The Hall–Kier alpha value is -2.64. The Morgan fingerprint density at radius 2 is 1.90 bits per heavy atom. The van der Waals surface area contributed by atoms with Gasteiger partial charge in [-0.05, 0) is 35.9 Å². The predicted molar refractivity (Wildman–Crippen MR) is 121 cm³/mol. The van der Waals surface area contributed by atoms with Gasteiger partial charge in [-0.3, -0.25) is 4.79 Å². The highest BCUT2D eigenvalue weighted by Crippen LogP contribution is 2.37. The largest absolute Gasteiger partial charge is 0.481 e.